The molecule has 0 spiro atoms. The Kier molecular flexibility index (Phi) is 3.33. The van der Waals surface area contributed by atoms with Crippen molar-refractivity contribution in [3.63, 3.8) is 0 Å². The average Bonchev–Trinajstić information content (AvgIpc) is 2.17. The molecule has 1 aromatic heterocycles. The van der Waals surface area contributed by atoms with E-state index in [1.807, 2.05) is 10.9 Å². The van der Waals surface area contributed by atoms with E-state index in [-0.39, 0.29) is 0 Å². The standard InChI is InChI=1S/C8H7IN2O4/c1-2-8(9,15)6(13)11-4-3-5(12)10-7(11)14/h1,3-4,6,13,15H,(H,10,12,14)/t6-,8?/m1/s1. The van der Waals surface area contributed by atoms with Crippen molar-refractivity contribution in [3.8, 4) is 12.3 Å². The van der Waals surface area contributed by atoms with E-state index in [0.717, 1.165) is 16.8 Å². The molecular formula is C8H7IN2O4. The van der Waals surface area contributed by atoms with Gasteiger partial charge < -0.3 is 10.2 Å². The van der Waals surface area contributed by atoms with Crippen LogP contribution in [0.4, 0.5) is 0 Å². The summed E-state index contributed by atoms with van der Waals surface area (Å²) in [5, 5.41) is 19.0. The third-order valence-electron chi connectivity index (χ3n) is 1.66. The maximum Gasteiger partial charge on any atom is 0.330 e. The molecule has 1 rings (SSSR count). The molecule has 1 heterocycles. The number of nitrogens with one attached hydrogen (secondary N) is 1. The lowest BCUT2D eigenvalue weighted by Gasteiger charge is -2.22. The van der Waals surface area contributed by atoms with Gasteiger partial charge in [-0.25, -0.2) is 4.79 Å². The molecule has 0 saturated heterocycles. The second-order valence-corrected chi connectivity index (χ2v) is 4.35. The number of hydrogen-bond acceptors (Lipinski definition) is 4. The number of halogens is 1. The fourth-order valence-electron chi connectivity index (χ4n) is 0.879. The molecule has 0 aliphatic rings. The first-order chi connectivity index (χ1) is 6.88. The number of nitrogens with zero attached hydrogens (tertiary/aromatic N) is 1. The molecule has 3 N–H and O–H groups in total. The lowest BCUT2D eigenvalue weighted by atomic mass is 10.3. The van der Waals surface area contributed by atoms with E-state index >= 15 is 0 Å². The zero-order valence-electron chi connectivity index (χ0n) is 7.35. The van der Waals surface area contributed by atoms with Crippen LogP contribution in [0.5, 0.6) is 0 Å². The molecule has 0 amide bonds. The summed E-state index contributed by atoms with van der Waals surface area (Å²) in [6.07, 6.45) is 4.39. The first kappa shape index (κ1) is 12.0. The fourth-order valence-corrected chi connectivity index (χ4v) is 1.18. The van der Waals surface area contributed by atoms with Crippen LogP contribution in [0.15, 0.2) is 21.9 Å². The van der Waals surface area contributed by atoms with Crippen molar-refractivity contribution in [2.24, 2.45) is 0 Å². The van der Waals surface area contributed by atoms with E-state index in [4.69, 9.17) is 6.42 Å². The van der Waals surface area contributed by atoms with Gasteiger partial charge in [0.15, 0.2) is 6.23 Å². The SMILES string of the molecule is C#CC(O)(I)[C@@H](O)n1ccc(=O)[nH]c1=O. The smallest absolute Gasteiger partial charge is 0.330 e. The number of alkyl halides is 1. The van der Waals surface area contributed by atoms with Crippen molar-refractivity contribution in [3.05, 3.63) is 33.1 Å². The number of aliphatic hydroxyl groups is 2. The monoisotopic (exact) mass is 322 g/mol. The minimum Gasteiger partial charge on any atom is -0.369 e. The van der Waals surface area contributed by atoms with Gasteiger partial charge in [-0.2, -0.15) is 0 Å². The lowest BCUT2D eigenvalue weighted by molar-refractivity contribution is -0.0111. The first-order valence-electron chi connectivity index (χ1n) is 3.77. The highest BCUT2D eigenvalue weighted by Gasteiger charge is 2.32. The molecule has 15 heavy (non-hydrogen) atoms. The molecule has 0 fully saturated rings. The second kappa shape index (κ2) is 4.18. The maximum absolute atomic E-state index is 11.2. The minimum absolute atomic E-state index is 0.596. The largest absolute Gasteiger partial charge is 0.369 e. The Bertz CT molecular complexity index is 510. The molecule has 1 unspecified atom stereocenters. The highest BCUT2D eigenvalue weighted by molar-refractivity contribution is 14.1. The molecule has 0 radical (unpaired) electrons. The van der Waals surface area contributed by atoms with Gasteiger partial charge in [0.1, 0.15) is 0 Å². The van der Waals surface area contributed by atoms with Gasteiger partial charge in [-0.3, -0.25) is 14.3 Å². The molecule has 0 aromatic carbocycles. The molecule has 0 aliphatic heterocycles. The van der Waals surface area contributed by atoms with Crippen LogP contribution < -0.4 is 11.2 Å². The van der Waals surface area contributed by atoms with Crippen molar-refractivity contribution in [1.29, 1.82) is 0 Å². The molecule has 6 nitrogen and oxygen atoms in total. The Balaban J connectivity index is 3.25. The van der Waals surface area contributed by atoms with E-state index < -0.39 is 21.1 Å². The number of terminal acetylenes is 1. The van der Waals surface area contributed by atoms with E-state index in [1.165, 1.54) is 22.6 Å². The van der Waals surface area contributed by atoms with Gasteiger partial charge in [0.25, 0.3) is 5.56 Å². The number of H-pyrrole nitrogens is 1. The van der Waals surface area contributed by atoms with Crippen LogP contribution >= 0.6 is 22.6 Å². The molecule has 2 atom stereocenters. The van der Waals surface area contributed by atoms with Crippen molar-refractivity contribution in [1.82, 2.24) is 9.55 Å². The van der Waals surface area contributed by atoms with E-state index in [9.17, 15) is 19.8 Å². The highest BCUT2D eigenvalue weighted by atomic mass is 127. The third-order valence-corrected chi connectivity index (χ3v) is 2.53. The van der Waals surface area contributed by atoms with Gasteiger partial charge in [0.05, 0.1) is 0 Å². The van der Waals surface area contributed by atoms with Crippen LogP contribution in [0.25, 0.3) is 0 Å². The molecule has 0 saturated carbocycles. The molecule has 0 bridgehead atoms. The normalized spacial score (nSPS) is 16.4. The Morgan fingerprint density at radius 1 is 1.67 bits per heavy atom. The minimum atomic E-state index is -1.92. The zero-order chi connectivity index (χ0) is 11.6. The zero-order valence-corrected chi connectivity index (χ0v) is 9.50. The number of aromatic nitrogens is 2. The van der Waals surface area contributed by atoms with Crippen LogP contribution in [-0.4, -0.2) is 23.4 Å². The van der Waals surface area contributed by atoms with Crippen LogP contribution in [0.3, 0.4) is 0 Å². The number of rotatable bonds is 2. The van der Waals surface area contributed by atoms with E-state index in [2.05, 4.69) is 0 Å². The summed E-state index contributed by atoms with van der Waals surface area (Å²) in [5.74, 6) is 1.92. The Morgan fingerprint density at radius 3 is 2.73 bits per heavy atom. The Morgan fingerprint density at radius 2 is 2.27 bits per heavy atom. The molecular weight excluding hydrogens is 315 g/mol. The van der Waals surface area contributed by atoms with Crippen molar-refractivity contribution in [2.75, 3.05) is 0 Å². The summed E-state index contributed by atoms with van der Waals surface area (Å²) < 4.78 is -1.19. The van der Waals surface area contributed by atoms with Crippen molar-refractivity contribution in [2.45, 2.75) is 9.84 Å². The molecule has 80 valence electrons. The quantitative estimate of drug-likeness (QED) is 0.362. The summed E-state index contributed by atoms with van der Waals surface area (Å²) in [6.45, 7) is 0. The van der Waals surface area contributed by atoms with Gasteiger partial charge in [0, 0.05) is 12.3 Å². The topological polar surface area (TPSA) is 95.3 Å². The van der Waals surface area contributed by atoms with Gasteiger partial charge in [-0.15, -0.1) is 6.42 Å². The van der Waals surface area contributed by atoms with Crippen LogP contribution in [0.2, 0.25) is 0 Å². The predicted octanol–water partition coefficient (Wildman–Crippen LogP) is -1.22. The number of aliphatic hydroxyl groups excluding tert-OH is 1. The summed E-state index contributed by atoms with van der Waals surface area (Å²) in [4.78, 5) is 23.9. The molecule has 7 heteroatoms. The van der Waals surface area contributed by atoms with Gasteiger partial charge >= 0.3 is 5.69 Å². The summed E-state index contributed by atoms with van der Waals surface area (Å²) >= 11 is 1.41. The van der Waals surface area contributed by atoms with Crippen LogP contribution in [0.1, 0.15) is 6.23 Å². The van der Waals surface area contributed by atoms with Crippen LogP contribution in [0, 0.1) is 12.3 Å². The van der Waals surface area contributed by atoms with Crippen molar-refractivity contribution >= 4 is 22.6 Å². The number of aromatic amines is 1. The van der Waals surface area contributed by atoms with E-state index in [0.29, 0.717) is 0 Å². The Labute approximate surface area is 97.7 Å². The first-order valence-corrected chi connectivity index (χ1v) is 4.85. The highest BCUT2D eigenvalue weighted by Crippen LogP contribution is 2.25. The summed E-state index contributed by atoms with van der Waals surface area (Å²) in [6, 6.07) is 1.04. The lowest BCUT2D eigenvalue weighted by Crippen LogP contribution is -2.40. The third kappa shape index (κ3) is 2.47. The average molecular weight is 322 g/mol. The second-order valence-electron chi connectivity index (χ2n) is 2.71. The van der Waals surface area contributed by atoms with E-state index in [1.54, 1.807) is 0 Å². The predicted molar refractivity (Wildman–Crippen MR) is 60.4 cm³/mol. The number of hydrogen-bond donors (Lipinski definition) is 3. The summed E-state index contributed by atoms with van der Waals surface area (Å²) in [5.41, 5.74) is -1.44. The van der Waals surface area contributed by atoms with Gasteiger partial charge in [-0.1, -0.05) is 5.92 Å². The fraction of sp³-hybridized carbons (Fsp3) is 0.250. The molecule has 1 aromatic rings. The van der Waals surface area contributed by atoms with Gasteiger partial charge in [-0.05, 0) is 22.6 Å². The maximum atomic E-state index is 11.2. The molecule has 0 aliphatic carbocycles. The summed E-state index contributed by atoms with van der Waals surface area (Å²) in [7, 11) is 0. The van der Waals surface area contributed by atoms with Gasteiger partial charge in [0.2, 0.25) is 3.61 Å². The Hall–Kier alpha value is -1.11. The van der Waals surface area contributed by atoms with Crippen LogP contribution in [-0.2, 0) is 0 Å². The van der Waals surface area contributed by atoms with Crippen molar-refractivity contribution < 1.29 is 10.2 Å².